The van der Waals surface area contributed by atoms with Gasteiger partial charge in [0.2, 0.25) is 4.80 Å². The number of nitrogens with one attached hydrogen (secondary N) is 1. The highest BCUT2D eigenvalue weighted by atomic mass is 32.1. The van der Waals surface area contributed by atoms with Crippen LogP contribution in [0.15, 0.2) is 94.5 Å². The molecule has 0 atom stereocenters. The van der Waals surface area contributed by atoms with E-state index in [0.717, 1.165) is 49.7 Å². The molecule has 0 spiro atoms. The van der Waals surface area contributed by atoms with Gasteiger partial charge in [0.15, 0.2) is 0 Å². The molecule has 0 aliphatic carbocycles. The van der Waals surface area contributed by atoms with Crippen molar-refractivity contribution in [2.75, 3.05) is 14.2 Å². The molecule has 3 aromatic carbocycles. The van der Waals surface area contributed by atoms with E-state index in [0.29, 0.717) is 0 Å². The summed E-state index contributed by atoms with van der Waals surface area (Å²) in [5, 5.41) is 8.00. The molecule has 1 N–H and O–H groups in total. The van der Waals surface area contributed by atoms with Crippen LogP contribution >= 0.6 is 11.3 Å². The van der Waals surface area contributed by atoms with Crippen LogP contribution in [0.25, 0.3) is 22.2 Å². The largest absolute Gasteiger partial charge is 0.497 e. The van der Waals surface area contributed by atoms with Gasteiger partial charge in [-0.2, -0.15) is 5.10 Å². The van der Waals surface area contributed by atoms with E-state index in [-0.39, 0.29) is 0 Å². The van der Waals surface area contributed by atoms with Crippen molar-refractivity contribution in [3.05, 3.63) is 94.7 Å². The van der Waals surface area contributed by atoms with E-state index in [4.69, 9.17) is 19.6 Å². The van der Waals surface area contributed by atoms with Gasteiger partial charge in [-0.1, -0.05) is 36.4 Å². The highest BCUT2D eigenvalue weighted by Gasteiger charge is 2.14. The molecule has 0 amide bonds. The number of hydrogen-bond donors (Lipinski definition) is 1. The molecule has 2 heterocycles. The highest BCUT2D eigenvalue weighted by Crippen LogP contribution is 2.34. The summed E-state index contributed by atoms with van der Waals surface area (Å²) in [6.45, 7) is 0. The van der Waals surface area contributed by atoms with Crippen LogP contribution in [0.1, 0.15) is 5.56 Å². The quantitative estimate of drug-likeness (QED) is 0.328. The second-order valence-electron chi connectivity index (χ2n) is 7.26. The first kappa shape index (κ1) is 20.8. The molecule has 0 radical (unpaired) electrons. The molecule has 0 aliphatic heterocycles. The van der Waals surface area contributed by atoms with Crippen molar-refractivity contribution in [1.29, 1.82) is 0 Å². The van der Waals surface area contributed by atoms with Crippen LogP contribution in [0.2, 0.25) is 0 Å². The van der Waals surface area contributed by atoms with Crippen LogP contribution in [0.3, 0.4) is 0 Å². The molecule has 5 rings (SSSR count). The molecule has 7 heteroatoms. The third-order valence-corrected chi connectivity index (χ3v) is 6.10. The number of para-hydroxylation sites is 2. The number of nitrogens with zero attached hydrogens (tertiary/aromatic N) is 3. The number of ether oxygens (including phenoxy) is 2. The van der Waals surface area contributed by atoms with Crippen LogP contribution < -0.4 is 14.3 Å². The summed E-state index contributed by atoms with van der Waals surface area (Å²) >= 11 is 1.52. The second-order valence-corrected chi connectivity index (χ2v) is 8.10. The maximum absolute atomic E-state index is 5.64. The van der Waals surface area contributed by atoms with Crippen LogP contribution in [-0.2, 0) is 0 Å². The van der Waals surface area contributed by atoms with Gasteiger partial charge in [0.05, 0.1) is 31.8 Å². The average molecular weight is 455 g/mol. The second kappa shape index (κ2) is 9.18. The van der Waals surface area contributed by atoms with Crippen molar-refractivity contribution in [1.82, 2.24) is 9.66 Å². The molecule has 6 nitrogen and oxygen atoms in total. The molecular formula is C26H22N4O2S. The Morgan fingerprint density at radius 2 is 1.76 bits per heavy atom. The molecule has 2 aromatic heterocycles. The predicted octanol–water partition coefficient (Wildman–Crippen LogP) is 5.83. The fraction of sp³-hybridized carbons (Fsp3) is 0.0769. The zero-order valence-corrected chi connectivity index (χ0v) is 19.0. The number of thiazole rings is 1. The smallest absolute Gasteiger partial charge is 0.211 e. The van der Waals surface area contributed by atoms with E-state index < -0.39 is 0 Å². The number of benzene rings is 3. The van der Waals surface area contributed by atoms with E-state index in [1.165, 1.54) is 11.3 Å². The number of aromatic nitrogens is 2. The van der Waals surface area contributed by atoms with Gasteiger partial charge in [-0.05, 0) is 36.4 Å². The molecule has 0 unspecified atom stereocenters. The first-order chi connectivity index (χ1) is 16.3. The summed E-state index contributed by atoms with van der Waals surface area (Å²) in [5.74, 6) is 1.47. The molecule has 0 saturated heterocycles. The van der Waals surface area contributed by atoms with Crippen molar-refractivity contribution in [3.63, 3.8) is 0 Å². The lowest BCUT2D eigenvalue weighted by Gasteiger charge is -2.11. The fourth-order valence-corrected chi connectivity index (χ4v) is 4.47. The lowest BCUT2D eigenvalue weighted by atomic mass is 10.1. The van der Waals surface area contributed by atoms with Crippen molar-refractivity contribution < 1.29 is 9.47 Å². The van der Waals surface area contributed by atoms with Gasteiger partial charge in [-0.15, -0.1) is 11.3 Å². The third kappa shape index (κ3) is 4.18. The summed E-state index contributed by atoms with van der Waals surface area (Å²) < 4.78 is 12.9. The summed E-state index contributed by atoms with van der Waals surface area (Å²) in [5.41, 5.74) is 4.66. The maximum Gasteiger partial charge on any atom is 0.211 e. The molecule has 5 aromatic rings. The Hall–Kier alpha value is -4.10. The Kier molecular flexibility index (Phi) is 5.78. The van der Waals surface area contributed by atoms with Gasteiger partial charge >= 0.3 is 0 Å². The van der Waals surface area contributed by atoms with Gasteiger partial charge in [0.25, 0.3) is 0 Å². The van der Waals surface area contributed by atoms with E-state index in [2.05, 4.69) is 11.1 Å². The first-order valence-corrected chi connectivity index (χ1v) is 11.3. The van der Waals surface area contributed by atoms with E-state index in [1.807, 2.05) is 89.2 Å². The van der Waals surface area contributed by atoms with Crippen molar-refractivity contribution in [2.24, 2.45) is 10.1 Å². The minimum Gasteiger partial charge on any atom is -0.497 e. The number of hydrogen-bond acceptors (Lipinski definition) is 5. The lowest BCUT2D eigenvalue weighted by molar-refractivity contribution is 0.404. The van der Waals surface area contributed by atoms with Crippen molar-refractivity contribution in [3.8, 4) is 22.8 Å². The number of aromatic amines is 1. The SMILES string of the molecule is COc1ccc(OC)c(-c2csc(=Nc3ccccc3)n2N=Cc2c[nH]c3ccccc23)c1. The van der Waals surface area contributed by atoms with Gasteiger partial charge in [0.1, 0.15) is 11.5 Å². The summed E-state index contributed by atoms with van der Waals surface area (Å²) in [6.07, 6.45) is 3.81. The third-order valence-electron chi connectivity index (χ3n) is 5.28. The highest BCUT2D eigenvalue weighted by molar-refractivity contribution is 7.07. The predicted molar refractivity (Wildman–Crippen MR) is 134 cm³/mol. The van der Waals surface area contributed by atoms with E-state index in [9.17, 15) is 0 Å². The number of rotatable bonds is 6. The summed E-state index contributed by atoms with van der Waals surface area (Å²) in [7, 11) is 3.31. The number of H-pyrrole nitrogens is 1. The van der Waals surface area contributed by atoms with Crippen molar-refractivity contribution in [2.45, 2.75) is 0 Å². The van der Waals surface area contributed by atoms with Gasteiger partial charge in [0, 0.05) is 33.6 Å². The molecule has 0 aliphatic rings. The normalized spacial score (nSPS) is 12.0. The van der Waals surface area contributed by atoms with Crippen LogP contribution in [0.5, 0.6) is 11.5 Å². The van der Waals surface area contributed by atoms with Crippen LogP contribution in [0, 0.1) is 0 Å². The van der Waals surface area contributed by atoms with E-state index >= 15 is 0 Å². The lowest BCUT2D eigenvalue weighted by Crippen LogP contribution is -2.11. The molecule has 0 saturated carbocycles. The van der Waals surface area contributed by atoms with Gasteiger partial charge in [-0.3, -0.25) is 0 Å². The standard InChI is InChI=1S/C26H22N4O2S/c1-31-20-12-13-25(32-2)22(14-20)24-17-33-26(29-19-8-4-3-5-9-19)30(24)28-16-18-15-27-23-11-7-6-10-21(18)23/h3-17,27H,1-2H3. The molecule has 0 bridgehead atoms. The van der Waals surface area contributed by atoms with Crippen LogP contribution in [-0.4, -0.2) is 30.1 Å². The number of methoxy groups -OCH3 is 2. The Bertz CT molecular complexity index is 1500. The Morgan fingerprint density at radius 1 is 0.939 bits per heavy atom. The van der Waals surface area contributed by atoms with Crippen molar-refractivity contribution >= 4 is 34.1 Å². The molecule has 33 heavy (non-hydrogen) atoms. The maximum atomic E-state index is 5.64. The minimum absolute atomic E-state index is 0.732. The minimum atomic E-state index is 0.732. The monoisotopic (exact) mass is 454 g/mol. The topological polar surface area (TPSA) is 63.9 Å². The van der Waals surface area contributed by atoms with Gasteiger partial charge in [-0.25, -0.2) is 9.67 Å². The fourth-order valence-electron chi connectivity index (χ4n) is 3.62. The first-order valence-electron chi connectivity index (χ1n) is 10.4. The van der Waals surface area contributed by atoms with Crippen LogP contribution in [0.4, 0.5) is 5.69 Å². The average Bonchev–Trinajstić information content (AvgIpc) is 3.46. The Labute approximate surface area is 195 Å². The number of fused-ring (bicyclic) bond motifs is 1. The molecule has 0 fully saturated rings. The van der Waals surface area contributed by atoms with Gasteiger partial charge < -0.3 is 14.5 Å². The molecular weight excluding hydrogens is 432 g/mol. The molecule has 164 valence electrons. The Morgan fingerprint density at radius 3 is 2.58 bits per heavy atom. The summed E-state index contributed by atoms with van der Waals surface area (Å²) in [4.78, 5) is 8.88. The van der Waals surface area contributed by atoms with E-state index in [1.54, 1.807) is 14.2 Å². The zero-order valence-electron chi connectivity index (χ0n) is 18.2. The zero-order chi connectivity index (χ0) is 22.6. The summed E-state index contributed by atoms with van der Waals surface area (Å²) in [6, 6.07) is 23.7. The Balaban J connectivity index is 1.69.